The number of hydrogen-bond donors (Lipinski definition) is 0. The molecule has 0 bridgehead atoms. The van der Waals surface area contributed by atoms with E-state index in [1.165, 1.54) is 0 Å². The molecule has 0 spiro atoms. The van der Waals surface area contributed by atoms with Gasteiger partial charge < -0.3 is 4.74 Å². The number of benzene rings is 2. The minimum atomic E-state index is -3.42. The third kappa shape index (κ3) is 2.87. The molecule has 0 aliphatic carbocycles. The van der Waals surface area contributed by atoms with Crippen LogP contribution in [0.25, 0.3) is 0 Å². The second-order valence-corrected chi connectivity index (χ2v) is 7.41. The van der Waals surface area contributed by atoms with E-state index in [0.29, 0.717) is 9.79 Å². The van der Waals surface area contributed by atoms with E-state index in [2.05, 4.69) is 6.92 Å². The maximum absolute atomic E-state index is 12.5. The number of sulfone groups is 1. The Kier molecular flexibility index (Phi) is 3.59. The van der Waals surface area contributed by atoms with Crippen LogP contribution in [-0.2, 0) is 21.0 Å². The molecule has 1 atom stereocenters. The first-order chi connectivity index (χ1) is 10.1. The maximum atomic E-state index is 12.5. The highest BCUT2D eigenvalue weighted by Crippen LogP contribution is 2.34. The Morgan fingerprint density at radius 2 is 1.57 bits per heavy atom. The fraction of sp³-hybridized carbons (Fsp3) is 0.294. The predicted octanol–water partition coefficient (Wildman–Crippen LogP) is 3.24. The van der Waals surface area contributed by atoms with E-state index in [4.69, 9.17) is 4.74 Å². The molecule has 0 N–H and O–H groups in total. The molecule has 1 heterocycles. The van der Waals surface area contributed by atoms with Crippen molar-refractivity contribution in [3.63, 3.8) is 0 Å². The van der Waals surface area contributed by atoms with Gasteiger partial charge in [0.15, 0.2) is 0 Å². The Labute approximate surface area is 125 Å². The van der Waals surface area contributed by atoms with E-state index in [1.54, 1.807) is 36.4 Å². The van der Waals surface area contributed by atoms with Crippen LogP contribution in [0.1, 0.15) is 18.9 Å². The molecule has 1 fully saturated rings. The first kappa shape index (κ1) is 14.3. The van der Waals surface area contributed by atoms with Crippen molar-refractivity contribution >= 4 is 9.84 Å². The molecule has 4 heteroatoms. The molecule has 3 nitrogen and oxygen atoms in total. The minimum absolute atomic E-state index is 0.0141. The monoisotopic (exact) mass is 302 g/mol. The molecule has 2 aromatic carbocycles. The van der Waals surface area contributed by atoms with Gasteiger partial charge in [-0.3, -0.25) is 0 Å². The molecule has 2 aromatic rings. The molecule has 110 valence electrons. The molecule has 21 heavy (non-hydrogen) atoms. The molecule has 1 aliphatic heterocycles. The lowest BCUT2D eigenvalue weighted by atomic mass is 9.98. The van der Waals surface area contributed by atoms with E-state index in [-0.39, 0.29) is 5.60 Å². The summed E-state index contributed by atoms with van der Waals surface area (Å²) in [6.45, 7) is 2.91. The van der Waals surface area contributed by atoms with Gasteiger partial charge in [-0.2, -0.15) is 0 Å². The lowest BCUT2D eigenvalue weighted by molar-refractivity contribution is 0.294. The summed E-state index contributed by atoms with van der Waals surface area (Å²) in [5.41, 5.74) is 1.10. The highest BCUT2D eigenvalue weighted by molar-refractivity contribution is 7.91. The summed E-state index contributed by atoms with van der Waals surface area (Å²) in [6.07, 6.45) is 1.83. The number of rotatable bonds is 5. The van der Waals surface area contributed by atoms with Crippen molar-refractivity contribution in [2.75, 3.05) is 6.61 Å². The third-order valence-electron chi connectivity index (χ3n) is 4.01. The zero-order chi connectivity index (χ0) is 14.9. The molecule has 0 saturated carbocycles. The maximum Gasteiger partial charge on any atom is 0.206 e. The van der Waals surface area contributed by atoms with Gasteiger partial charge in [-0.25, -0.2) is 8.42 Å². The third-order valence-corrected chi connectivity index (χ3v) is 5.80. The normalized spacial score (nSPS) is 21.2. The van der Waals surface area contributed by atoms with Gasteiger partial charge in [0.2, 0.25) is 9.84 Å². The van der Waals surface area contributed by atoms with Gasteiger partial charge in [-0.1, -0.05) is 37.3 Å². The van der Waals surface area contributed by atoms with Gasteiger partial charge in [0.25, 0.3) is 0 Å². The molecule has 0 radical (unpaired) electrons. The van der Waals surface area contributed by atoms with E-state index < -0.39 is 9.84 Å². The Morgan fingerprint density at radius 1 is 1.00 bits per heavy atom. The molecule has 1 unspecified atom stereocenters. The SMILES string of the molecule is CCC1(Cc2ccc(S(=O)(=O)c3ccccc3)cc2)CO1. The highest BCUT2D eigenvalue weighted by atomic mass is 32.2. The van der Waals surface area contributed by atoms with Crippen LogP contribution in [0.3, 0.4) is 0 Å². The van der Waals surface area contributed by atoms with Crippen molar-refractivity contribution < 1.29 is 13.2 Å². The fourth-order valence-electron chi connectivity index (χ4n) is 2.43. The van der Waals surface area contributed by atoms with Crippen molar-refractivity contribution in [3.05, 3.63) is 60.2 Å². The Hall–Kier alpha value is -1.65. The fourth-order valence-corrected chi connectivity index (χ4v) is 3.71. The number of epoxide rings is 1. The van der Waals surface area contributed by atoms with E-state index in [9.17, 15) is 8.42 Å². The van der Waals surface area contributed by atoms with Crippen LogP contribution < -0.4 is 0 Å². The largest absolute Gasteiger partial charge is 0.369 e. The standard InChI is InChI=1S/C17H18O3S/c1-2-17(13-20-17)12-14-8-10-16(11-9-14)21(18,19)15-6-4-3-5-7-15/h3-11H,2,12-13H2,1H3. The van der Waals surface area contributed by atoms with Crippen molar-refractivity contribution in [2.45, 2.75) is 35.2 Å². The second-order valence-electron chi connectivity index (χ2n) is 5.46. The van der Waals surface area contributed by atoms with E-state index in [0.717, 1.165) is 25.0 Å². The minimum Gasteiger partial charge on any atom is -0.369 e. The first-order valence-electron chi connectivity index (χ1n) is 7.09. The average Bonchev–Trinajstić information content (AvgIpc) is 3.29. The van der Waals surface area contributed by atoms with Crippen LogP contribution in [0, 0.1) is 0 Å². The zero-order valence-corrected chi connectivity index (χ0v) is 12.8. The van der Waals surface area contributed by atoms with Crippen molar-refractivity contribution in [1.29, 1.82) is 0 Å². The summed E-state index contributed by atoms with van der Waals surface area (Å²) >= 11 is 0. The quantitative estimate of drug-likeness (QED) is 0.797. The summed E-state index contributed by atoms with van der Waals surface area (Å²) < 4.78 is 30.4. The number of ether oxygens (including phenoxy) is 1. The van der Waals surface area contributed by atoms with Crippen molar-refractivity contribution in [3.8, 4) is 0 Å². The van der Waals surface area contributed by atoms with E-state index in [1.807, 2.05) is 18.2 Å². The molecule has 0 aromatic heterocycles. The topological polar surface area (TPSA) is 46.7 Å². The van der Waals surface area contributed by atoms with Crippen LogP contribution in [0.5, 0.6) is 0 Å². The van der Waals surface area contributed by atoms with Crippen LogP contribution in [0.4, 0.5) is 0 Å². The van der Waals surface area contributed by atoms with Gasteiger partial charge in [-0.15, -0.1) is 0 Å². The van der Waals surface area contributed by atoms with Gasteiger partial charge in [-0.05, 0) is 36.2 Å². The van der Waals surface area contributed by atoms with Crippen molar-refractivity contribution in [2.24, 2.45) is 0 Å². The summed E-state index contributed by atoms with van der Waals surface area (Å²) in [5, 5.41) is 0. The lowest BCUT2D eigenvalue weighted by Crippen LogP contribution is -2.13. The average molecular weight is 302 g/mol. The summed E-state index contributed by atoms with van der Waals surface area (Å²) in [4.78, 5) is 0.660. The van der Waals surface area contributed by atoms with Crippen LogP contribution in [-0.4, -0.2) is 20.6 Å². The predicted molar refractivity (Wildman–Crippen MR) is 81.0 cm³/mol. The lowest BCUT2D eigenvalue weighted by Gasteiger charge is -2.10. The highest BCUT2D eigenvalue weighted by Gasteiger charge is 2.42. The molecule has 0 amide bonds. The Morgan fingerprint density at radius 3 is 2.10 bits per heavy atom. The van der Waals surface area contributed by atoms with Crippen LogP contribution >= 0.6 is 0 Å². The second kappa shape index (κ2) is 5.28. The van der Waals surface area contributed by atoms with Crippen LogP contribution in [0.15, 0.2) is 64.4 Å². The Bertz CT molecular complexity index is 714. The molecule has 1 saturated heterocycles. The summed E-state index contributed by atoms with van der Waals surface area (Å²) in [6, 6.07) is 15.6. The smallest absolute Gasteiger partial charge is 0.206 e. The van der Waals surface area contributed by atoms with Gasteiger partial charge in [0.05, 0.1) is 22.0 Å². The number of hydrogen-bond acceptors (Lipinski definition) is 3. The van der Waals surface area contributed by atoms with Gasteiger partial charge in [0, 0.05) is 6.42 Å². The van der Waals surface area contributed by atoms with Gasteiger partial charge in [0.1, 0.15) is 0 Å². The van der Waals surface area contributed by atoms with Gasteiger partial charge >= 0.3 is 0 Å². The zero-order valence-electron chi connectivity index (χ0n) is 12.0. The molecular weight excluding hydrogens is 284 g/mol. The molecule has 1 aliphatic rings. The summed E-state index contributed by atoms with van der Waals surface area (Å²) in [7, 11) is -3.42. The first-order valence-corrected chi connectivity index (χ1v) is 8.57. The summed E-state index contributed by atoms with van der Waals surface area (Å²) in [5.74, 6) is 0. The molecular formula is C17H18O3S. The Balaban J connectivity index is 1.84. The van der Waals surface area contributed by atoms with Crippen molar-refractivity contribution in [1.82, 2.24) is 0 Å². The van der Waals surface area contributed by atoms with Crippen LogP contribution in [0.2, 0.25) is 0 Å². The molecule has 3 rings (SSSR count). The van der Waals surface area contributed by atoms with E-state index >= 15 is 0 Å².